The van der Waals surface area contributed by atoms with E-state index in [1.54, 1.807) is 0 Å². The standard InChI is InChI=1S/C16H25BrN2/c1-12(18-2)15-10-9-13(17)11-16(15)19(3)14-7-5-4-6-8-14/h9-12,14,18H,4-8H2,1-3H3. The fraction of sp³-hybridized carbons (Fsp3) is 0.625. The molecule has 1 aliphatic carbocycles. The lowest BCUT2D eigenvalue weighted by Gasteiger charge is -2.35. The molecule has 0 aliphatic heterocycles. The third-order valence-electron chi connectivity index (χ3n) is 4.39. The van der Waals surface area contributed by atoms with E-state index in [2.05, 4.69) is 58.3 Å². The minimum absolute atomic E-state index is 0.383. The largest absolute Gasteiger partial charge is 0.371 e. The molecule has 1 unspecified atom stereocenters. The lowest BCUT2D eigenvalue weighted by atomic mass is 9.93. The van der Waals surface area contributed by atoms with Gasteiger partial charge in [-0.05, 0) is 44.5 Å². The predicted molar refractivity (Wildman–Crippen MR) is 86.9 cm³/mol. The second-order valence-electron chi connectivity index (χ2n) is 5.62. The van der Waals surface area contributed by atoms with Crippen molar-refractivity contribution in [2.75, 3.05) is 19.0 Å². The van der Waals surface area contributed by atoms with Gasteiger partial charge in [0.2, 0.25) is 0 Å². The van der Waals surface area contributed by atoms with Gasteiger partial charge in [-0.15, -0.1) is 0 Å². The van der Waals surface area contributed by atoms with Crippen LogP contribution in [0.2, 0.25) is 0 Å². The summed E-state index contributed by atoms with van der Waals surface area (Å²) in [5, 5.41) is 3.36. The summed E-state index contributed by atoms with van der Waals surface area (Å²) in [6, 6.07) is 7.72. The molecule has 1 fully saturated rings. The highest BCUT2D eigenvalue weighted by Gasteiger charge is 2.21. The highest BCUT2D eigenvalue weighted by Crippen LogP contribution is 2.33. The van der Waals surface area contributed by atoms with Crippen molar-refractivity contribution in [2.45, 2.75) is 51.1 Å². The van der Waals surface area contributed by atoms with Gasteiger partial charge in [-0.1, -0.05) is 41.3 Å². The van der Waals surface area contributed by atoms with E-state index in [1.807, 2.05) is 7.05 Å². The molecule has 0 saturated heterocycles. The molecule has 0 amide bonds. The van der Waals surface area contributed by atoms with Crippen molar-refractivity contribution < 1.29 is 0 Å². The number of nitrogens with zero attached hydrogens (tertiary/aromatic N) is 1. The Hall–Kier alpha value is -0.540. The van der Waals surface area contributed by atoms with Crippen LogP contribution in [-0.4, -0.2) is 20.1 Å². The highest BCUT2D eigenvalue weighted by molar-refractivity contribution is 9.10. The number of nitrogens with one attached hydrogen (secondary N) is 1. The summed E-state index contributed by atoms with van der Waals surface area (Å²) in [6.07, 6.45) is 6.81. The first kappa shape index (κ1) is 14.9. The molecule has 0 aromatic heterocycles. The van der Waals surface area contributed by atoms with Gasteiger partial charge >= 0.3 is 0 Å². The maximum absolute atomic E-state index is 3.61. The molecule has 0 radical (unpaired) electrons. The van der Waals surface area contributed by atoms with Crippen LogP contribution in [0.1, 0.15) is 50.6 Å². The lowest BCUT2D eigenvalue weighted by Crippen LogP contribution is -2.34. The van der Waals surface area contributed by atoms with E-state index in [0.29, 0.717) is 12.1 Å². The molecule has 3 heteroatoms. The molecule has 0 heterocycles. The zero-order valence-electron chi connectivity index (χ0n) is 12.2. The second kappa shape index (κ2) is 6.76. The zero-order valence-corrected chi connectivity index (χ0v) is 13.8. The molecular weight excluding hydrogens is 300 g/mol. The van der Waals surface area contributed by atoms with Crippen molar-refractivity contribution in [2.24, 2.45) is 0 Å². The monoisotopic (exact) mass is 324 g/mol. The summed E-state index contributed by atoms with van der Waals surface area (Å²) in [5.74, 6) is 0. The minimum Gasteiger partial charge on any atom is -0.371 e. The van der Waals surface area contributed by atoms with Crippen molar-refractivity contribution in [3.05, 3.63) is 28.2 Å². The zero-order chi connectivity index (χ0) is 13.8. The quantitative estimate of drug-likeness (QED) is 0.877. The highest BCUT2D eigenvalue weighted by atomic mass is 79.9. The van der Waals surface area contributed by atoms with Crippen molar-refractivity contribution in [1.82, 2.24) is 5.32 Å². The van der Waals surface area contributed by atoms with Crippen molar-refractivity contribution in [3.8, 4) is 0 Å². The average Bonchev–Trinajstić information content (AvgIpc) is 2.46. The minimum atomic E-state index is 0.383. The maximum atomic E-state index is 3.61. The Balaban J connectivity index is 2.27. The molecule has 1 saturated carbocycles. The third kappa shape index (κ3) is 3.51. The molecule has 1 atom stereocenters. The van der Waals surface area contributed by atoms with Crippen LogP contribution in [0.5, 0.6) is 0 Å². The van der Waals surface area contributed by atoms with Crippen molar-refractivity contribution >= 4 is 21.6 Å². The molecule has 106 valence electrons. The predicted octanol–water partition coefficient (Wildman–Crippen LogP) is 4.50. The van der Waals surface area contributed by atoms with Gasteiger partial charge in [-0.25, -0.2) is 0 Å². The van der Waals surface area contributed by atoms with E-state index in [9.17, 15) is 0 Å². The first-order valence-electron chi connectivity index (χ1n) is 7.33. The molecule has 0 bridgehead atoms. The third-order valence-corrected chi connectivity index (χ3v) is 4.89. The van der Waals surface area contributed by atoms with Gasteiger partial charge < -0.3 is 10.2 Å². The number of anilines is 1. The fourth-order valence-electron chi connectivity index (χ4n) is 3.01. The summed E-state index contributed by atoms with van der Waals surface area (Å²) in [4.78, 5) is 2.49. The maximum Gasteiger partial charge on any atom is 0.0425 e. The van der Waals surface area contributed by atoms with Crippen LogP contribution in [0.25, 0.3) is 0 Å². The van der Waals surface area contributed by atoms with E-state index >= 15 is 0 Å². The van der Waals surface area contributed by atoms with Crippen molar-refractivity contribution in [1.29, 1.82) is 0 Å². The number of hydrogen-bond acceptors (Lipinski definition) is 2. The van der Waals surface area contributed by atoms with E-state index in [1.165, 1.54) is 43.4 Å². The summed E-state index contributed by atoms with van der Waals surface area (Å²) < 4.78 is 1.16. The fourth-order valence-corrected chi connectivity index (χ4v) is 3.36. The Bertz CT molecular complexity index is 413. The number of hydrogen-bond donors (Lipinski definition) is 1. The van der Waals surface area contributed by atoms with E-state index in [-0.39, 0.29) is 0 Å². The summed E-state index contributed by atoms with van der Waals surface area (Å²) >= 11 is 3.61. The van der Waals surface area contributed by atoms with E-state index in [0.717, 1.165) is 4.47 Å². The van der Waals surface area contributed by atoms with E-state index < -0.39 is 0 Å². The molecule has 2 rings (SSSR count). The molecule has 19 heavy (non-hydrogen) atoms. The lowest BCUT2D eigenvalue weighted by molar-refractivity contribution is 0.426. The number of halogens is 1. The normalized spacial score (nSPS) is 18.3. The average molecular weight is 325 g/mol. The van der Waals surface area contributed by atoms with Crippen molar-refractivity contribution in [3.63, 3.8) is 0 Å². The summed E-state index contributed by atoms with van der Waals surface area (Å²) in [5.41, 5.74) is 2.75. The first-order chi connectivity index (χ1) is 9.13. The van der Waals surface area contributed by atoms with Gasteiger partial charge in [0.25, 0.3) is 0 Å². The molecule has 0 spiro atoms. The Morgan fingerprint density at radius 3 is 2.58 bits per heavy atom. The molecular formula is C16H25BrN2. The molecule has 1 N–H and O–H groups in total. The van der Waals surface area contributed by atoms with Crippen LogP contribution < -0.4 is 10.2 Å². The number of benzene rings is 1. The Labute approximate surface area is 125 Å². The van der Waals surface area contributed by atoms with Crippen LogP contribution >= 0.6 is 15.9 Å². The SMILES string of the molecule is CNC(C)c1ccc(Br)cc1N(C)C1CCCCC1. The van der Waals surface area contributed by atoms with Gasteiger partial charge in [0.05, 0.1) is 0 Å². The summed E-state index contributed by atoms with van der Waals surface area (Å²) in [6.45, 7) is 2.22. The van der Waals surface area contributed by atoms with Gasteiger partial charge in [0.1, 0.15) is 0 Å². The molecule has 1 aliphatic rings. The Morgan fingerprint density at radius 2 is 1.95 bits per heavy atom. The molecule has 2 nitrogen and oxygen atoms in total. The summed E-state index contributed by atoms with van der Waals surface area (Å²) in [7, 11) is 4.28. The van der Waals surface area contributed by atoms with Gasteiger partial charge in [0, 0.05) is 29.3 Å². The van der Waals surface area contributed by atoms with Crippen LogP contribution in [0.15, 0.2) is 22.7 Å². The van der Waals surface area contributed by atoms with Gasteiger partial charge in [0.15, 0.2) is 0 Å². The van der Waals surface area contributed by atoms with Crippen LogP contribution in [0.3, 0.4) is 0 Å². The molecule has 1 aromatic carbocycles. The topological polar surface area (TPSA) is 15.3 Å². The Morgan fingerprint density at radius 1 is 1.26 bits per heavy atom. The first-order valence-corrected chi connectivity index (χ1v) is 8.12. The van der Waals surface area contributed by atoms with E-state index in [4.69, 9.17) is 0 Å². The van der Waals surface area contributed by atoms with Gasteiger partial charge in [-0.3, -0.25) is 0 Å². The van der Waals surface area contributed by atoms with Crippen LogP contribution in [0, 0.1) is 0 Å². The Kier molecular flexibility index (Phi) is 5.28. The number of rotatable bonds is 4. The smallest absolute Gasteiger partial charge is 0.0425 e. The molecule has 1 aromatic rings. The van der Waals surface area contributed by atoms with Crippen LogP contribution in [0.4, 0.5) is 5.69 Å². The second-order valence-corrected chi connectivity index (χ2v) is 6.53. The van der Waals surface area contributed by atoms with Crippen LogP contribution in [-0.2, 0) is 0 Å². The van der Waals surface area contributed by atoms with Gasteiger partial charge in [-0.2, -0.15) is 0 Å².